The van der Waals surface area contributed by atoms with E-state index in [0.29, 0.717) is 32.0 Å². The summed E-state index contributed by atoms with van der Waals surface area (Å²) in [5, 5.41) is 3.04. The Morgan fingerprint density at radius 1 is 1.24 bits per heavy atom. The van der Waals surface area contributed by atoms with E-state index in [2.05, 4.69) is 10.3 Å². The number of carbonyl (C=O) groups is 2. The van der Waals surface area contributed by atoms with Crippen molar-refractivity contribution in [2.45, 2.75) is 70.9 Å². The number of hydrogen-bond donors (Lipinski definition) is 1. The normalized spacial score (nSPS) is 22.5. The Morgan fingerprint density at radius 2 is 2.00 bits per heavy atom. The molecular weight excluding hydrogens is 314 g/mol. The van der Waals surface area contributed by atoms with Crippen molar-refractivity contribution in [3.05, 3.63) is 29.6 Å². The Balaban J connectivity index is 1.56. The lowest BCUT2D eigenvalue weighted by Gasteiger charge is -2.37. The summed E-state index contributed by atoms with van der Waals surface area (Å²) in [5.41, 5.74) is 2.02. The summed E-state index contributed by atoms with van der Waals surface area (Å²) in [4.78, 5) is 31.2. The molecular formula is C20H29N3O2. The van der Waals surface area contributed by atoms with Crippen molar-refractivity contribution < 1.29 is 9.59 Å². The number of carbonyl (C=O) groups excluding carboxylic acids is 2. The van der Waals surface area contributed by atoms with Crippen LogP contribution in [0.3, 0.4) is 0 Å². The maximum absolute atomic E-state index is 12.6. The Kier molecular flexibility index (Phi) is 6.05. The summed E-state index contributed by atoms with van der Waals surface area (Å²) in [7, 11) is 0. The molecule has 2 amide bonds. The fraction of sp³-hybridized carbons (Fsp3) is 0.650. The first-order valence-corrected chi connectivity index (χ1v) is 9.62. The number of rotatable bonds is 4. The van der Waals surface area contributed by atoms with Gasteiger partial charge in [0.25, 0.3) is 0 Å². The fourth-order valence-electron chi connectivity index (χ4n) is 4.06. The Labute approximate surface area is 150 Å². The minimum Gasteiger partial charge on any atom is -0.352 e. The molecule has 1 aromatic rings. The lowest BCUT2D eigenvalue weighted by Crippen LogP contribution is -2.49. The van der Waals surface area contributed by atoms with Crippen LogP contribution in [0, 0.1) is 12.8 Å². The third-order valence-corrected chi connectivity index (χ3v) is 5.51. The molecule has 2 heterocycles. The molecule has 1 saturated heterocycles. The van der Waals surface area contributed by atoms with Crippen LogP contribution in [0.25, 0.3) is 0 Å². The molecule has 1 saturated carbocycles. The highest BCUT2D eigenvalue weighted by atomic mass is 16.2. The van der Waals surface area contributed by atoms with Crippen molar-refractivity contribution >= 4 is 11.8 Å². The maximum Gasteiger partial charge on any atom is 0.225 e. The van der Waals surface area contributed by atoms with Gasteiger partial charge in [-0.25, -0.2) is 0 Å². The molecule has 25 heavy (non-hydrogen) atoms. The molecule has 1 aliphatic heterocycles. The number of nitrogens with one attached hydrogen (secondary N) is 1. The van der Waals surface area contributed by atoms with E-state index < -0.39 is 0 Å². The number of amides is 2. The molecule has 0 aromatic carbocycles. The monoisotopic (exact) mass is 343 g/mol. The van der Waals surface area contributed by atoms with E-state index in [1.54, 1.807) is 6.20 Å². The Hall–Kier alpha value is -1.91. The maximum atomic E-state index is 12.6. The van der Waals surface area contributed by atoms with Crippen molar-refractivity contribution in [3.63, 3.8) is 0 Å². The second kappa shape index (κ2) is 8.45. The van der Waals surface area contributed by atoms with E-state index >= 15 is 0 Å². The van der Waals surface area contributed by atoms with Gasteiger partial charge in [0.2, 0.25) is 11.8 Å². The Bertz CT molecular complexity index is 609. The van der Waals surface area contributed by atoms with Gasteiger partial charge >= 0.3 is 0 Å². The summed E-state index contributed by atoms with van der Waals surface area (Å²) in [5.74, 6) is 0.227. The number of aryl methyl sites for hydroxylation is 1. The van der Waals surface area contributed by atoms with Gasteiger partial charge in [-0.05, 0) is 43.9 Å². The quantitative estimate of drug-likeness (QED) is 0.855. The van der Waals surface area contributed by atoms with Crippen LogP contribution < -0.4 is 5.32 Å². The van der Waals surface area contributed by atoms with Crippen molar-refractivity contribution in [1.29, 1.82) is 0 Å². The van der Waals surface area contributed by atoms with E-state index in [4.69, 9.17) is 0 Å². The van der Waals surface area contributed by atoms with Crippen molar-refractivity contribution in [2.75, 3.05) is 6.54 Å². The summed E-state index contributed by atoms with van der Waals surface area (Å²) < 4.78 is 0. The van der Waals surface area contributed by atoms with Crippen molar-refractivity contribution in [1.82, 2.24) is 15.2 Å². The first-order chi connectivity index (χ1) is 12.1. The zero-order chi connectivity index (χ0) is 17.6. The van der Waals surface area contributed by atoms with Gasteiger partial charge in [0, 0.05) is 37.4 Å². The first-order valence-electron chi connectivity index (χ1n) is 9.62. The molecule has 1 atom stereocenters. The van der Waals surface area contributed by atoms with Gasteiger partial charge in [0.15, 0.2) is 0 Å². The second-order valence-corrected chi connectivity index (χ2v) is 7.45. The Morgan fingerprint density at radius 3 is 2.72 bits per heavy atom. The summed E-state index contributed by atoms with van der Waals surface area (Å²) >= 11 is 0. The van der Waals surface area contributed by atoms with Gasteiger partial charge < -0.3 is 10.2 Å². The van der Waals surface area contributed by atoms with Crippen LogP contribution in [0.4, 0.5) is 0 Å². The van der Waals surface area contributed by atoms with Crippen LogP contribution in [-0.2, 0) is 16.1 Å². The third-order valence-electron chi connectivity index (χ3n) is 5.51. The van der Waals surface area contributed by atoms with Gasteiger partial charge in [0.1, 0.15) is 0 Å². The average Bonchev–Trinajstić information content (AvgIpc) is 2.89. The summed E-state index contributed by atoms with van der Waals surface area (Å²) in [6, 6.07) is 4.26. The molecule has 1 N–H and O–H groups in total. The van der Waals surface area contributed by atoms with Gasteiger partial charge in [-0.1, -0.05) is 25.7 Å². The van der Waals surface area contributed by atoms with Gasteiger partial charge in [-0.3, -0.25) is 14.6 Å². The fourth-order valence-corrected chi connectivity index (χ4v) is 4.06. The van der Waals surface area contributed by atoms with Crippen molar-refractivity contribution in [3.8, 4) is 0 Å². The molecule has 2 fully saturated rings. The van der Waals surface area contributed by atoms with Gasteiger partial charge in [-0.15, -0.1) is 0 Å². The lowest BCUT2D eigenvalue weighted by molar-refractivity contribution is -0.141. The van der Waals surface area contributed by atoms with E-state index in [1.165, 1.54) is 25.7 Å². The number of piperidine rings is 1. The number of nitrogens with zero attached hydrogens (tertiary/aromatic N) is 2. The molecule has 5 nitrogen and oxygen atoms in total. The molecule has 0 spiro atoms. The summed E-state index contributed by atoms with van der Waals surface area (Å²) in [6.07, 6.45) is 10.1. The minimum absolute atomic E-state index is 0.0700. The van der Waals surface area contributed by atoms with Crippen LogP contribution in [0.1, 0.15) is 62.6 Å². The molecule has 1 aliphatic carbocycles. The van der Waals surface area contributed by atoms with Crippen molar-refractivity contribution in [2.24, 2.45) is 5.92 Å². The predicted molar refractivity (Wildman–Crippen MR) is 96.7 cm³/mol. The highest BCUT2D eigenvalue weighted by Crippen LogP contribution is 2.27. The van der Waals surface area contributed by atoms with Crippen LogP contribution >= 0.6 is 0 Å². The minimum atomic E-state index is -0.0797. The number of pyridine rings is 1. The zero-order valence-corrected chi connectivity index (χ0v) is 15.2. The predicted octanol–water partition coefficient (Wildman–Crippen LogP) is 2.97. The van der Waals surface area contributed by atoms with Gasteiger partial charge in [-0.2, -0.15) is 0 Å². The van der Waals surface area contributed by atoms with E-state index in [1.807, 2.05) is 24.0 Å². The average molecular weight is 343 g/mol. The van der Waals surface area contributed by atoms with E-state index in [-0.39, 0.29) is 17.7 Å². The number of likely N-dealkylation sites (tertiary alicyclic amines) is 1. The molecule has 0 bridgehead atoms. The lowest BCUT2D eigenvalue weighted by atomic mass is 9.93. The van der Waals surface area contributed by atoms with E-state index in [0.717, 1.165) is 24.1 Å². The third kappa shape index (κ3) is 4.80. The SMILES string of the molecule is Cc1cc(CNC(=O)[C@@H]2CCC(=O)N(C3CCCCCC3)C2)ccn1. The number of hydrogen-bond acceptors (Lipinski definition) is 3. The highest BCUT2D eigenvalue weighted by molar-refractivity contribution is 5.84. The molecule has 2 aliphatic rings. The molecule has 1 aromatic heterocycles. The van der Waals surface area contributed by atoms with Crippen LogP contribution in [0.15, 0.2) is 18.3 Å². The van der Waals surface area contributed by atoms with Gasteiger partial charge in [0.05, 0.1) is 5.92 Å². The standard InChI is InChI=1S/C20H29N3O2/c1-15-12-16(10-11-21-15)13-22-20(25)17-8-9-19(24)23(14-17)18-6-4-2-3-5-7-18/h10-12,17-18H,2-9,13-14H2,1H3,(H,22,25)/t17-/m1/s1. The second-order valence-electron chi connectivity index (χ2n) is 7.45. The first kappa shape index (κ1) is 17.9. The largest absolute Gasteiger partial charge is 0.352 e. The smallest absolute Gasteiger partial charge is 0.225 e. The molecule has 5 heteroatoms. The van der Waals surface area contributed by atoms with Crippen LogP contribution in [-0.4, -0.2) is 34.3 Å². The number of aromatic nitrogens is 1. The zero-order valence-electron chi connectivity index (χ0n) is 15.2. The highest BCUT2D eigenvalue weighted by Gasteiger charge is 2.34. The van der Waals surface area contributed by atoms with Crippen LogP contribution in [0.5, 0.6) is 0 Å². The molecule has 0 unspecified atom stereocenters. The summed E-state index contributed by atoms with van der Waals surface area (Å²) in [6.45, 7) is 3.06. The molecule has 3 rings (SSSR count). The van der Waals surface area contributed by atoms with Crippen LogP contribution in [0.2, 0.25) is 0 Å². The molecule has 0 radical (unpaired) electrons. The topological polar surface area (TPSA) is 62.3 Å². The van der Waals surface area contributed by atoms with E-state index in [9.17, 15) is 9.59 Å². The molecule has 136 valence electrons.